The number of H-pyrrole nitrogens is 1. The van der Waals surface area contributed by atoms with Crippen LogP contribution in [0.3, 0.4) is 0 Å². The number of carbonyl (C=O) groups is 2. The van der Waals surface area contributed by atoms with Crippen molar-refractivity contribution in [1.29, 1.82) is 0 Å². The summed E-state index contributed by atoms with van der Waals surface area (Å²) in [5, 5.41) is 17.9. The molecule has 26 heavy (non-hydrogen) atoms. The number of aromatic amines is 1. The molecule has 3 rings (SSSR count). The first-order chi connectivity index (χ1) is 12.5. The van der Waals surface area contributed by atoms with E-state index in [4.69, 9.17) is 5.11 Å². The minimum atomic E-state index is -1.01. The van der Waals surface area contributed by atoms with Gasteiger partial charge in [0, 0.05) is 6.20 Å². The monoisotopic (exact) mass is 353 g/mol. The summed E-state index contributed by atoms with van der Waals surface area (Å²) in [6.07, 6.45) is 1.61. The highest BCUT2D eigenvalue weighted by atomic mass is 16.4. The van der Waals surface area contributed by atoms with Crippen molar-refractivity contribution in [3.63, 3.8) is 0 Å². The predicted octanol–water partition coefficient (Wildman–Crippen LogP) is 1.77. The molecule has 0 unspecified atom stereocenters. The molecule has 8 heteroatoms. The second kappa shape index (κ2) is 7.64. The highest BCUT2D eigenvalue weighted by molar-refractivity contribution is 5.92. The van der Waals surface area contributed by atoms with Crippen LogP contribution in [0.15, 0.2) is 48.7 Å². The van der Waals surface area contributed by atoms with E-state index in [-0.39, 0.29) is 30.7 Å². The first kappa shape index (κ1) is 17.4. The molecule has 0 spiro atoms. The maximum Gasteiger partial charge on any atom is 0.311 e. The molecule has 134 valence electrons. The standard InChI is InChI=1S/C18H19N5O3/c1-12(13-6-3-2-4-7-13)23-9-5-8-14(23)18(26)19-11-16-20-15(21-22-16)10-17(24)25/h2-9,12H,10-11H2,1H3,(H,19,26)(H,24,25)(H,20,21,22)/t12-/m0/s1. The minimum Gasteiger partial charge on any atom is -0.481 e. The molecular weight excluding hydrogens is 334 g/mol. The van der Waals surface area contributed by atoms with Gasteiger partial charge in [-0.05, 0) is 24.6 Å². The van der Waals surface area contributed by atoms with Crippen LogP contribution in [0, 0.1) is 0 Å². The second-order valence-corrected chi connectivity index (χ2v) is 5.84. The van der Waals surface area contributed by atoms with Crippen LogP contribution in [0.2, 0.25) is 0 Å². The Kier molecular flexibility index (Phi) is 5.12. The van der Waals surface area contributed by atoms with Crippen molar-refractivity contribution < 1.29 is 14.7 Å². The van der Waals surface area contributed by atoms with Gasteiger partial charge in [0.05, 0.1) is 12.6 Å². The van der Waals surface area contributed by atoms with Crippen LogP contribution in [0.4, 0.5) is 0 Å². The number of benzene rings is 1. The van der Waals surface area contributed by atoms with E-state index in [0.29, 0.717) is 11.5 Å². The maximum absolute atomic E-state index is 12.5. The van der Waals surface area contributed by atoms with Gasteiger partial charge in [0.2, 0.25) is 0 Å². The zero-order valence-corrected chi connectivity index (χ0v) is 14.2. The van der Waals surface area contributed by atoms with Crippen molar-refractivity contribution in [2.24, 2.45) is 0 Å². The first-order valence-corrected chi connectivity index (χ1v) is 8.16. The number of nitrogens with one attached hydrogen (secondary N) is 2. The summed E-state index contributed by atoms with van der Waals surface area (Å²) in [7, 11) is 0. The second-order valence-electron chi connectivity index (χ2n) is 5.84. The van der Waals surface area contributed by atoms with Crippen LogP contribution in [0.25, 0.3) is 0 Å². The molecule has 0 aliphatic carbocycles. The lowest BCUT2D eigenvalue weighted by Crippen LogP contribution is -2.26. The molecule has 2 aromatic heterocycles. The van der Waals surface area contributed by atoms with Crippen molar-refractivity contribution in [3.8, 4) is 0 Å². The molecule has 0 aliphatic heterocycles. The molecule has 0 aliphatic rings. The fourth-order valence-electron chi connectivity index (χ4n) is 2.70. The highest BCUT2D eigenvalue weighted by Gasteiger charge is 2.16. The number of hydrogen-bond acceptors (Lipinski definition) is 4. The van der Waals surface area contributed by atoms with Gasteiger partial charge >= 0.3 is 5.97 Å². The SMILES string of the molecule is C[C@@H](c1ccccc1)n1cccc1C(=O)NCc1nc(CC(=O)O)n[nH]1. The number of carbonyl (C=O) groups excluding carboxylic acids is 1. The lowest BCUT2D eigenvalue weighted by molar-refractivity contribution is -0.136. The lowest BCUT2D eigenvalue weighted by atomic mass is 10.1. The molecule has 0 radical (unpaired) electrons. The number of aromatic nitrogens is 4. The van der Waals surface area contributed by atoms with Crippen LogP contribution in [-0.2, 0) is 17.8 Å². The maximum atomic E-state index is 12.5. The van der Waals surface area contributed by atoms with Gasteiger partial charge in [0.1, 0.15) is 17.9 Å². The van der Waals surface area contributed by atoms with E-state index in [0.717, 1.165) is 5.56 Å². The number of hydrogen-bond donors (Lipinski definition) is 3. The number of carboxylic acid groups (broad SMARTS) is 1. The molecule has 1 amide bonds. The van der Waals surface area contributed by atoms with Gasteiger partial charge < -0.3 is 15.0 Å². The van der Waals surface area contributed by atoms with Crippen LogP contribution in [0.5, 0.6) is 0 Å². The first-order valence-electron chi connectivity index (χ1n) is 8.16. The van der Waals surface area contributed by atoms with E-state index in [1.165, 1.54) is 0 Å². The van der Waals surface area contributed by atoms with Gasteiger partial charge in [-0.2, -0.15) is 5.10 Å². The third-order valence-electron chi connectivity index (χ3n) is 4.01. The minimum absolute atomic E-state index is 0.0133. The summed E-state index contributed by atoms with van der Waals surface area (Å²) in [5.74, 6) is -0.659. The molecular formula is C18H19N5O3. The third kappa shape index (κ3) is 3.97. The number of nitrogens with zero attached hydrogens (tertiary/aromatic N) is 3. The summed E-state index contributed by atoms with van der Waals surface area (Å²) < 4.78 is 1.90. The van der Waals surface area contributed by atoms with Gasteiger partial charge in [-0.25, -0.2) is 4.98 Å². The Labute approximate surface area is 149 Å². The zero-order valence-electron chi connectivity index (χ0n) is 14.2. The zero-order chi connectivity index (χ0) is 18.5. The third-order valence-corrected chi connectivity index (χ3v) is 4.01. The topological polar surface area (TPSA) is 113 Å². The van der Waals surface area contributed by atoms with Crippen LogP contribution in [-0.4, -0.2) is 36.7 Å². The summed E-state index contributed by atoms with van der Waals surface area (Å²) in [6, 6.07) is 13.5. The van der Waals surface area contributed by atoms with Gasteiger partial charge in [-0.3, -0.25) is 14.7 Å². The van der Waals surface area contributed by atoms with Crippen molar-refractivity contribution in [1.82, 2.24) is 25.1 Å². The van der Waals surface area contributed by atoms with E-state index in [9.17, 15) is 9.59 Å². The Morgan fingerprint density at radius 2 is 2.00 bits per heavy atom. The number of amides is 1. The Hall–Kier alpha value is -3.42. The molecule has 1 atom stereocenters. The molecule has 1 aromatic carbocycles. The van der Waals surface area contributed by atoms with E-state index in [1.807, 2.05) is 54.1 Å². The Balaban J connectivity index is 1.67. The van der Waals surface area contributed by atoms with Crippen LogP contribution in [0.1, 0.15) is 40.7 Å². The molecule has 0 saturated carbocycles. The van der Waals surface area contributed by atoms with Crippen molar-refractivity contribution >= 4 is 11.9 Å². The molecule has 0 fully saturated rings. The van der Waals surface area contributed by atoms with Crippen LogP contribution < -0.4 is 5.32 Å². The largest absolute Gasteiger partial charge is 0.481 e. The summed E-state index contributed by atoms with van der Waals surface area (Å²) in [6.45, 7) is 2.16. The van der Waals surface area contributed by atoms with E-state index in [1.54, 1.807) is 6.07 Å². The van der Waals surface area contributed by atoms with E-state index < -0.39 is 5.97 Å². The number of carboxylic acids is 1. The smallest absolute Gasteiger partial charge is 0.311 e. The Morgan fingerprint density at radius 3 is 2.73 bits per heavy atom. The van der Waals surface area contributed by atoms with Crippen molar-refractivity contribution in [2.45, 2.75) is 25.9 Å². The number of aliphatic carboxylic acids is 1. The average molecular weight is 353 g/mol. The van der Waals surface area contributed by atoms with E-state index in [2.05, 4.69) is 20.5 Å². The molecule has 0 bridgehead atoms. The Morgan fingerprint density at radius 1 is 1.23 bits per heavy atom. The van der Waals surface area contributed by atoms with E-state index >= 15 is 0 Å². The molecule has 8 nitrogen and oxygen atoms in total. The fourth-order valence-corrected chi connectivity index (χ4v) is 2.70. The Bertz CT molecular complexity index is 900. The predicted molar refractivity (Wildman–Crippen MR) is 93.6 cm³/mol. The van der Waals surface area contributed by atoms with Gasteiger partial charge in [-0.15, -0.1) is 0 Å². The molecule has 2 heterocycles. The average Bonchev–Trinajstić information content (AvgIpc) is 3.29. The molecule has 3 aromatic rings. The fraction of sp³-hybridized carbons (Fsp3) is 0.222. The van der Waals surface area contributed by atoms with Crippen molar-refractivity contribution in [2.75, 3.05) is 0 Å². The highest BCUT2D eigenvalue weighted by Crippen LogP contribution is 2.20. The van der Waals surface area contributed by atoms with Crippen LogP contribution >= 0.6 is 0 Å². The quantitative estimate of drug-likeness (QED) is 0.599. The van der Waals surface area contributed by atoms with Crippen molar-refractivity contribution in [3.05, 3.63) is 71.6 Å². The lowest BCUT2D eigenvalue weighted by Gasteiger charge is -2.17. The summed E-state index contributed by atoms with van der Waals surface area (Å²) in [5.41, 5.74) is 1.64. The van der Waals surface area contributed by atoms with Gasteiger partial charge in [-0.1, -0.05) is 30.3 Å². The van der Waals surface area contributed by atoms with Gasteiger partial charge in [0.15, 0.2) is 5.82 Å². The molecule has 3 N–H and O–H groups in total. The molecule has 0 saturated heterocycles. The van der Waals surface area contributed by atoms with Gasteiger partial charge in [0.25, 0.3) is 5.91 Å². The summed E-state index contributed by atoms with van der Waals surface area (Å²) in [4.78, 5) is 27.2. The number of rotatable bonds is 7. The normalized spacial score (nSPS) is 11.9. The summed E-state index contributed by atoms with van der Waals surface area (Å²) >= 11 is 0.